The largest absolute Gasteiger partial charge is 0.368 e. The maximum absolute atomic E-state index is 11.9. The monoisotopic (exact) mass is 341 g/mol. The molecule has 0 spiro atoms. The number of thiophene rings is 1. The van der Waals surface area contributed by atoms with Gasteiger partial charge in [0, 0.05) is 12.7 Å². The van der Waals surface area contributed by atoms with Crippen LogP contribution in [0.3, 0.4) is 0 Å². The zero-order valence-corrected chi connectivity index (χ0v) is 12.4. The third kappa shape index (κ3) is 2.88. The molecule has 2 aromatic heterocycles. The van der Waals surface area contributed by atoms with Crippen LogP contribution in [0.2, 0.25) is 0 Å². The molecule has 1 aliphatic heterocycles. The molecule has 5 nitrogen and oxygen atoms in total. The summed E-state index contributed by atoms with van der Waals surface area (Å²) >= 11 is 5.03. The molecule has 1 aliphatic rings. The SMILES string of the molecule is O=C(Nc1cc(-c2ccc(Br)s2)[nH]n1)[C@@H]1CCCO1. The van der Waals surface area contributed by atoms with Crippen molar-refractivity contribution in [3.8, 4) is 10.6 Å². The number of halogens is 1. The van der Waals surface area contributed by atoms with Crippen LogP contribution in [0.15, 0.2) is 22.0 Å². The van der Waals surface area contributed by atoms with Gasteiger partial charge in [-0.1, -0.05) is 0 Å². The average Bonchev–Trinajstić information content (AvgIpc) is 3.07. The van der Waals surface area contributed by atoms with Gasteiger partial charge in [-0.05, 0) is 40.9 Å². The number of ether oxygens (including phenoxy) is 1. The van der Waals surface area contributed by atoms with Crippen molar-refractivity contribution in [3.63, 3.8) is 0 Å². The highest BCUT2D eigenvalue weighted by molar-refractivity contribution is 9.11. The molecule has 3 rings (SSSR count). The Morgan fingerprint density at radius 3 is 3.16 bits per heavy atom. The second kappa shape index (κ2) is 5.44. The van der Waals surface area contributed by atoms with Gasteiger partial charge >= 0.3 is 0 Å². The topological polar surface area (TPSA) is 67.0 Å². The van der Waals surface area contributed by atoms with Crippen molar-refractivity contribution in [2.75, 3.05) is 11.9 Å². The molecule has 1 fully saturated rings. The first-order valence-electron chi connectivity index (χ1n) is 5.96. The Kier molecular flexibility index (Phi) is 3.67. The van der Waals surface area contributed by atoms with E-state index in [9.17, 15) is 4.79 Å². The Morgan fingerprint density at radius 2 is 2.47 bits per heavy atom. The Morgan fingerprint density at radius 1 is 1.58 bits per heavy atom. The number of hydrogen-bond donors (Lipinski definition) is 2. The average molecular weight is 342 g/mol. The van der Waals surface area contributed by atoms with Gasteiger partial charge in [0.1, 0.15) is 6.10 Å². The first-order valence-corrected chi connectivity index (χ1v) is 7.57. The third-order valence-corrected chi connectivity index (χ3v) is 4.55. The maximum atomic E-state index is 11.9. The van der Waals surface area contributed by atoms with Crippen molar-refractivity contribution >= 4 is 39.0 Å². The standard InChI is InChI=1S/C12H12BrN3O2S/c13-10-4-3-9(19-10)7-6-11(16-15-7)14-12(17)8-2-1-5-18-8/h3-4,6,8H,1-2,5H2,(H2,14,15,16,17)/t8-/m0/s1. The number of H-pyrrole nitrogens is 1. The molecule has 100 valence electrons. The van der Waals surface area contributed by atoms with E-state index in [2.05, 4.69) is 31.4 Å². The molecule has 0 unspecified atom stereocenters. The van der Waals surface area contributed by atoms with Crippen LogP contribution in [0.4, 0.5) is 5.82 Å². The minimum Gasteiger partial charge on any atom is -0.368 e. The van der Waals surface area contributed by atoms with Gasteiger partial charge in [0.25, 0.3) is 5.91 Å². The number of hydrogen-bond acceptors (Lipinski definition) is 4. The number of carbonyl (C=O) groups excluding carboxylic acids is 1. The van der Waals surface area contributed by atoms with E-state index in [0.29, 0.717) is 12.4 Å². The van der Waals surface area contributed by atoms with E-state index in [1.54, 1.807) is 11.3 Å². The predicted molar refractivity (Wildman–Crippen MR) is 77.2 cm³/mol. The summed E-state index contributed by atoms with van der Waals surface area (Å²) < 4.78 is 6.38. The Balaban J connectivity index is 1.69. The third-order valence-electron chi connectivity index (χ3n) is 2.89. The van der Waals surface area contributed by atoms with Crippen molar-refractivity contribution in [2.45, 2.75) is 18.9 Å². The molecular formula is C12H12BrN3O2S. The molecule has 7 heteroatoms. The Hall–Kier alpha value is -1.18. The summed E-state index contributed by atoms with van der Waals surface area (Å²) in [4.78, 5) is 12.9. The van der Waals surface area contributed by atoms with E-state index in [-0.39, 0.29) is 12.0 Å². The molecule has 1 saturated heterocycles. The summed E-state index contributed by atoms with van der Waals surface area (Å²) in [6.45, 7) is 0.660. The molecule has 19 heavy (non-hydrogen) atoms. The first kappa shape index (κ1) is 12.8. The van der Waals surface area contributed by atoms with Crippen molar-refractivity contribution < 1.29 is 9.53 Å². The number of carbonyl (C=O) groups is 1. The second-order valence-electron chi connectivity index (χ2n) is 4.26. The minimum atomic E-state index is -0.337. The summed E-state index contributed by atoms with van der Waals surface area (Å²) in [6, 6.07) is 5.80. The van der Waals surface area contributed by atoms with Crippen LogP contribution in [0.5, 0.6) is 0 Å². The fourth-order valence-corrected chi connectivity index (χ4v) is 3.31. The zero-order chi connectivity index (χ0) is 13.2. The van der Waals surface area contributed by atoms with Gasteiger partial charge in [-0.3, -0.25) is 9.89 Å². The van der Waals surface area contributed by atoms with Crippen molar-refractivity contribution in [3.05, 3.63) is 22.0 Å². The number of aromatic nitrogens is 2. The molecule has 2 aromatic rings. The lowest BCUT2D eigenvalue weighted by atomic mass is 10.2. The van der Waals surface area contributed by atoms with Gasteiger partial charge in [0.05, 0.1) is 14.4 Å². The van der Waals surface area contributed by atoms with Crippen molar-refractivity contribution in [1.29, 1.82) is 0 Å². The molecule has 0 saturated carbocycles. The number of anilines is 1. The molecule has 1 atom stereocenters. The van der Waals surface area contributed by atoms with Gasteiger partial charge in [-0.15, -0.1) is 11.3 Å². The van der Waals surface area contributed by atoms with Gasteiger partial charge in [-0.2, -0.15) is 5.10 Å². The lowest BCUT2D eigenvalue weighted by Crippen LogP contribution is -2.26. The van der Waals surface area contributed by atoms with Gasteiger partial charge < -0.3 is 10.1 Å². The van der Waals surface area contributed by atoms with E-state index < -0.39 is 0 Å². The van der Waals surface area contributed by atoms with Crippen LogP contribution >= 0.6 is 27.3 Å². The van der Waals surface area contributed by atoms with Crippen LogP contribution in [0.1, 0.15) is 12.8 Å². The fourth-order valence-electron chi connectivity index (χ4n) is 1.96. The van der Waals surface area contributed by atoms with Gasteiger partial charge in [-0.25, -0.2) is 0 Å². The molecule has 0 aromatic carbocycles. The summed E-state index contributed by atoms with van der Waals surface area (Å²) in [5.41, 5.74) is 0.887. The second-order valence-corrected chi connectivity index (χ2v) is 6.72. The summed E-state index contributed by atoms with van der Waals surface area (Å²) in [7, 11) is 0. The number of nitrogens with one attached hydrogen (secondary N) is 2. The smallest absolute Gasteiger partial charge is 0.254 e. The molecule has 0 aliphatic carbocycles. The predicted octanol–water partition coefficient (Wildman–Crippen LogP) is 3.02. The maximum Gasteiger partial charge on any atom is 0.254 e. The van der Waals surface area contributed by atoms with E-state index >= 15 is 0 Å². The van der Waals surface area contributed by atoms with Crippen LogP contribution in [0.25, 0.3) is 10.6 Å². The molecule has 3 heterocycles. The van der Waals surface area contributed by atoms with Crippen LogP contribution in [-0.2, 0) is 9.53 Å². The molecule has 2 N–H and O–H groups in total. The number of nitrogens with zero attached hydrogens (tertiary/aromatic N) is 1. The molecule has 1 amide bonds. The van der Waals surface area contributed by atoms with E-state index in [0.717, 1.165) is 27.2 Å². The van der Waals surface area contributed by atoms with E-state index in [4.69, 9.17) is 4.74 Å². The normalized spacial score (nSPS) is 18.7. The lowest BCUT2D eigenvalue weighted by Gasteiger charge is -2.07. The summed E-state index contributed by atoms with van der Waals surface area (Å²) in [5.74, 6) is 0.405. The van der Waals surface area contributed by atoms with E-state index in [1.807, 2.05) is 18.2 Å². The summed E-state index contributed by atoms with van der Waals surface area (Å²) in [6.07, 6.45) is 1.38. The van der Waals surface area contributed by atoms with Crippen molar-refractivity contribution in [1.82, 2.24) is 10.2 Å². The first-order chi connectivity index (χ1) is 9.22. The van der Waals surface area contributed by atoms with Crippen molar-refractivity contribution in [2.24, 2.45) is 0 Å². The fraction of sp³-hybridized carbons (Fsp3) is 0.333. The molecular weight excluding hydrogens is 330 g/mol. The highest BCUT2D eigenvalue weighted by atomic mass is 79.9. The zero-order valence-electron chi connectivity index (χ0n) is 9.98. The number of aromatic amines is 1. The van der Waals surface area contributed by atoms with E-state index in [1.165, 1.54) is 0 Å². The van der Waals surface area contributed by atoms with Gasteiger partial charge in [0.15, 0.2) is 5.82 Å². The number of amides is 1. The van der Waals surface area contributed by atoms with Crippen LogP contribution in [-0.4, -0.2) is 28.8 Å². The quantitative estimate of drug-likeness (QED) is 0.901. The van der Waals surface area contributed by atoms with Gasteiger partial charge in [0.2, 0.25) is 0 Å². The Bertz CT molecular complexity index is 589. The highest BCUT2D eigenvalue weighted by Crippen LogP contribution is 2.31. The highest BCUT2D eigenvalue weighted by Gasteiger charge is 2.24. The molecule has 0 radical (unpaired) electrons. The van der Waals surface area contributed by atoms with Crippen LogP contribution in [0, 0.1) is 0 Å². The minimum absolute atomic E-state index is 0.122. The van der Waals surface area contributed by atoms with Crippen LogP contribution < -0.4 is 5.32 Å². The molecule has 0 bridgehead atoms. The number of rotatable bonds is 3. The summed E-state index contributed by atoms with van der Waals surface area (Å²) in [5, 5.41) is 9.77. The Labute approximate surface area is 122 Å². The lowest BCUT2D eigenvalue weighted by molar-refractivity contribution is -0.124.